The summed E-state index contributed by atoms with van der Waals surface area (Å²) in [5.41, 5.74) is 3.50. The van der Waals surface area contributed by atoms with E-state index in [0.717, 1.165) is 11.3 Å². The summed E-state index contributed by atoms with van der Waals surface area (Å²) in [4.78, 5) is 18.2. The van der Waals surface area contributed by atoms with Crippen molar-refractivity contribution in [2.75, 3.05) is 6.54 Å². The zero-order chi connectivity index (χ0) is 18.6. The Hall–Kier alpha value is -3.40. The highest BCUT2D eigenvalue weighted by Gasteiger charge is 2.28. The van der Waals surface area contributed by atoms with E-state index in [-0.39, 0.29) is 11.8 Å². The molecule has 1 aliphatic heterocycles. The number of carbonyl (C=O) groups is 1. The normalized spacial score (nSPS) is 15.7. The highest BCUT2D eigenvalue weighted by Crippen LogP contribution is 2.36. The van der Waals surface area contributed by atoms with E-state index in [1.54, 1.807) is 12.4 Å². The van der Waals surface area contributed by atoms with E-state index < -0.39 is 0 Å². The van der Waals surface area contributed by atoms with Gasteiger partial charge in [0.15, 0.2) is 0 Å². The summed E-state index contributed by atoms with van der Waals surface area (Å²) < 4.78 is 5.96. The number of rotatable bonds is 4. The molecule has 1 aromatic heterocycles. The summed E-state index contributed by atoms with van der Waals surface area (Å²) in [5.74, 6) is 1.52. The van der Waals surface area contributed by atoms with Crippen LogP contribution in [0.5, 0.6) is 11.5 Å². The zero-order valence-corrected chi connectivity index (χ0v) is 14.9. The van der Waals surface area contributed by atoms with Crippen LogP contribution in [0.1, 0.15) is 22.6 Å². The maximum atomic E-state index is 12.2. The molecule has 1 aliphatic rings. The molecule has 0 N–H and O–H groups in total. The molecule has 2 heterocycles. The molecule has 0 unspecified atom stereocenters. The van der Waals surface area contributed by atoms with Gasteiger partial charge in [0.2, 0.25) is 5.91 Å². The largest absolute Gasteiger partial charge is 0.456 e. The average Bonchev–Trinajstić information content (AvgIpc) is 2.74. The van der Waals surface area contributed by atoms with Crippen molar-refractivity contribution in [1.82, 2.24) is 9.88 Å². The van der Waals surface area contributed by atoms with E-state index in [0.29, 0.717) is 18.8 Å². The molecule has 3 aromatic rings. The van der Waals surface area contributed by atoms with Crippen molar-refractivity contribution in [2.45, 2.75) is 12.5 Å². The molecule has 0 fully saturated rings. The minimum atomic E-state index is -0.0442. The Labute approximate surface area is 158 Å². The summed E-state index contributed by atoms with van der Waals surface area (Å²) in [6.45, 7) is 4.84. The lowest BCUT2D eigenvalue weighted by Gasteiger charge is -2.34. The highest BCUT2D eigenvalue weighted by atomic mass is 16.5. The molecular weight excluding hydrogens is 336 g/mol. The molecule has 0 bridgehead atoms. The van der Waals surface area contributed by atoms with Crippen molar-refractivity contribution in [1.29, 1.82) is 0 Å². The number of hydrogen-bond acceptors (Lipinski definition) is 3. The average molecular weight is 356 g/mol. The van der Waals surface area contributed by atoms with Gasteiger partial charge in [-0.25, -0.2) is 0 Å². The van der Waals surface area contributed by atoms with E-state index in [1.807, 2.05) is 47.4 Å². The SMILES string of the molecule is C=CC(=O)N1Cc2ccc(Oc3cccnc3)cc2[C@@H](c2ccccc2)C1. The second kappa shape index (κ2) is 7.46. The fourth-order valence-electron chi connectivity index (χ4n) is 3.50. The van der Waals surface area contributed by atoms with Crippen molar-refractivity contribution in [3.8, 4) is 11.5 Å². The second-order valence-corrected chi connectivity index (χ2v) is 6.54. The standard InChI is InChI=1S/C23H20N2O2/c1-2-23(26)25-15-18-10-11-19(27-20-9-6-12-24-14-20)13-21(18)22(16-25)17-7-4-3-5-8-17/h2-14,22H,1,15-16H2/t22-/m1/s1. The number of nitrogens with zero attached hydrogens (tertiary/aromatic N) is 2. The molecule has 0 saturated carbocycles. The number of pyridine rings is 1. The Morgan fingerprint density at radius 1 is 1.11 bits per heavy atom. The molecule has 1 amide bonds. The van der Waals surface area contributed by atoms with E-state index >= 15 is 0 Å². The van der Waals surface area contributed by atoms with E-state index in [9.17, 15) is 4.79 Å². The van der Waals surface area contributed by atoms with Gasteiger partial charge in [-0.2, -0.15) is 0 Å². The fourth-order valence-corrected chi connectivity index (χ4v) is 3.50. The Kier molecular flexibility index (Phi) is 4.71. The van der Waals surface area contributed by atoms with Crippen molar-refractivity contribution in [3.05, 3.63) is 102 Å². The third-order valence-electron chi connectivity index (χ3n) is 4.82. The first-order valence-electron chi connectivity index (χ1n) is 8.91. The number of fused-ring (bicyclic) bond motifs is 1. The van der Waals surface area contributed by atoms with Crippen LogP contribution in [0.4, 0.5) is 0 Å². The van der Waals surface area contributed by atoms with Crippen molar-refractivity contribution < 1.29 is 9.53 Å². The molecule has 4 rings (SSSR count). The molecule has 0 saturated heterocycles. The number of amides is 1. The van der Waals surface area contributed by atoms with Gasteiger partial charge in [-0.15, -0.1) is 0 Å². The first-order valence-corrected chi connectivity index (χ1v) is 8.91. The van der Waals surface area contributed by atoms with Crippen molar-refractivity contribution in [3.63, 3.8) is 0 Å². The summed E-state index contributed by atoms with van der Waals surface area (Å²) in [6, 6.07) is 20.0. The summed E-state index contributed by atoms with van der Waals surface area (Å²) >= 11 is 0. The maximum Gasteiger partial charge on any atom is 0.246 e. The highest BCUT2D eigenvalue weighted by molar-refractivity contribution is 5.87. The van der Waals surface area contributed by atoms with Gasteiger partial charge in [0.05, 0.1) is 6.20 Å². The molecule has 4 heteroatoms. The topological polar surface area (TPSA) is 42.4 Å². The molecule has 4 nitrogen and oxygen atoms in total. The van der Waals surface area contributed by atoms with Gasteiger partial charge in [-0.3, -0.25) is 9.78 Å². The van der Waals surface area contributed by atoms with Gasteiger partial charge in [0, 0.05) is 25.2 Å². The number of benzene rings is 2. The van der Waals surface area contributed by atoms with Gasteiger partial charge in [0.1, 0.15) is 11.5 Å². The van der Waals surface area contributed by atoms with Crippen LogP contribution in [0.15, 0.2) is 85.7 Å². The van der Waals surface area contributed by atoms with Crippen LogP contribution in [-0.2, 0) is 11.3 Å². The molecule has 27 heavy (non-hydrogen) atoms. The summed E-state index contributed by atoms with van der Waals surface area (Å²) in [7, 11) is 0. The quantitative estimate of drug-likeness (QED) is 0.645. The van der Waals surface area contributed by atoms with Gasteiger partial charge in [0.25, 0.3) is 0 Å². The molecular formula is C23H20N2O2. The molecule has 1 atom stereocenters. The Balaban J connectivity index is 1.72. The molecule has 0 radical (unpaired) electrons. The van der Waals surface area contributed by atoms with Crippen molar-refractivity contribution >= 4 is 5.91 Å². The van der Waals surface area contributed by atoms with Crippen LogP contribution in [0.2, 0.25) is 0 Å². The summed E-state index contributed by atoms with van der Waals surface area (Å²) in [6.07, 6.45) is 4.79. The minimum absolute atomic E-state index is 0.0442. The van der Waals surface area contributed by atoms with Crippen LogP contribution in [0.25, 0.3) is 0 Å². The van der Waals surface area contributed by atoms with E-state index in [1.165, 1.54) is 17.2 Å². The Morgan fingerprint density at radius 2 is 1.96 bits per heavy atom. The van der Waals surface area contributed by atoms with Crippen LogP contribution in [-0.4, -0.2) is 22.3 Å². The summed E-state index contributed by atoms with van der Waals surface area (Å²) in [5, 5.41) is 0. The number of hydrogen-bond donors (Lipinski definition) is 0. The maximum absolute atomic E-state index is 12.2. The third kappa shape index (κ3) is 3.60. The van der Waals surface area contributed by atoms with E-state index in [2.05, 4.69) is 29.8 Å². The molecule has 134 valence electrons. The fraction of sp³-hybridized carbons (Fsp3) is 0.130. The smallest absolute Gasteiger partial charge is 0.246 e. The first-order chi connectivity index (χ1) is 13.2. The van der Waals surface area contributed by atoms with Crippen LogP contribution < -0.4 is 4.74 Å². The van der Waals surface area contributed by atoms with Gasteiger partial charge < -0.3 is 9.64 Å². The number of aromatic nitrogens is 1. The van der Waals surface area contributed by atoms with Gasteiger partial charge in [-0.1, -0.05) is 43.0 Å². The zero-order valence-electron chi connectivity index (χ0n) is 14.9. The number of ether oxygens (including phenoxy) is 1. The first kappa shape index (κ1) is 17.0. The van der Waals surface area contributed by atoms with Crippen LogP contribution >= 0.6 is 0 Å². The van der Waals surface area contributed by atoms with Crippen molar-refractivity contribution in [2.24, 2.45) is 0 Å². The molecule has 0 spiro atoms. The van der Waals surface area contributed by atoms with Crippen LogP contribution in [0.3, 0.4) is 0 Å². The monoisotopic (exact) mass is 356 g/mol. The lowest BCUT2D eigenvalue weighted by atomic mass is 9.84. The molecule has 0 aliphatic carbocycles. The Bertz CT molecular complexity index is 955. The predicted octanol–water partition coefficient (Wildman–Crippen LogP) is 4.53. The number of carbonyl (C=O) groups excluding carboxylic acids is 1. The lowest BCUT2D eigenvalue weighted by Crippen LogP contribution is -2.37. The van der Waals surface area contributed by atoms with Crippen LogP contribution in [0, 0.1) is 0 Å². The minimum Gasteiger partial charge on any atom is -0.456 e. The predicted molar refractivity (Wildman–Crippen MR) is 105 cm³/mol. The van der Waals surface area contributed by atoms with Gasteiger partial charge >= 0.3 is 0 Å². The third-order valence-corrected chi connectivity index (χ3v) is 4.82. The van der Waals surface area contributed by atoms with Gasteiger partial charge in [-0.05, 0) is 47.0 Å². The lowest BCUT2D eigenvalue weighted by molar-refractivity contribution is -0.127. The molecule has 2 aromatic carbocycles. The van der Waals surface area contributed by atoms with E-state index in [4.69, 9.17) is 4.74 Å². The second-order valence-electron chi connectivity index (χ2n) is 6.54. The Morgan fingerprint density at radius 3 is 2.70 bits per heavy atom.